The molecule has 0 unspecified atom stereocenters. The Bertz CT molecular complexity index is 1170. The Morgan fingerprint density at radius 3 is 2.14 bits per heavy atom. The number of hydrogen-bond donors (Lipinski definition) is 2. The normalized spacial score (nSPS) is 16.3. The molecular weight excluding hydrogens is 448 g/mol. The van der Waals surface area contributed by atoms with Gasteiger partial charge in [0.15, 0.2) is 0 Å². The van der Waals surface area contributed by atoms with Crippen LogP contribution in [-0.2, 0) is 13.1 Å². The summed E-state index contributed by atoms with van der Waals surface area (Å²) in [6, 6.07) is 19.6. The first-order valence-electron chi connectivity index (χ1n) is 11.5. The number of carboxylic acid groups (broad SMARTS) is 1. The van der Waals surface area contributed by atoms with Gasteiger partial charge in [-0.15, -0.1) is 0 Å². The van der Waals surface area contributed by atoms with Crippen LogP contribution in [0.5, 0.6) is 0 Å². The Kier molecular flexibility index (Phi) is 5.94. The van der Waals surface area contributed by atoms with Crippen LogP contribution < -0.4 is 10.2 Å². The van der Waals surface area contributed by atoms with E-state index in [9.17, 15) is 14.9 Å². The SMILES string of the molecule is O=C(O)N1CC2(CC(Nc3ncnc(N(Cc4ccccc4)Cc4ccccc4)c3[N+](=O)[O-])C2)C1. The summed E-state index contributed by atoms with van der Waals surface area (Å²) in [6.45, 7) is 1.92. The van der Waals surface area contributed by atoms with E-state index in [0.29, 0.717) is 26.2 Å². The average molecular weight is 475 g/mol. The van der Waals surface area contributed by atoms with Crippen molar-refractivity contribution in [3.05, 3.63) is 88.2 Å². The topological polar surface area (TPSA) is 125 Å². The van der Waals surface area contributed by atoms with Gasteiger partial charge in [-0.3, -0.25) is 10.1 Å². The number of anilines is 2. The number of rotatable bonds is 8. The molecule has 1 saturated carbocycles. The van der Waals surface area contributed by atoms with E-state index in [4.69, 9.17) is 5.11 Å². The van der Waals surface area contributed by atoms with Crippen LogP contribution in [-0.4, -0.2) is 50.1 Å². The number of likely N-dealkylation sites (tertiary alicyclic amines) is 1. The first-order chi connectivity index (χ1) is 16.9. The quantitative estimate of drug-likeness (QED) is 0.369. The van der Waals surface area contributed by atoms with Crippen LogP contribution in [0.2, 0.25) is 0 Å². The molecule has 0 radical (unpaired) electrons. The molecule has 1 saturated heterocycles. The van der Waals surface area contributed by atoms with Gasteiger partial charge < -0.3 is 20.2 Å². The van der Waals surface area contributed by atoms with Crippen LogP contribution in [0.25, 0.3) is 0 Å². The van der Waals surface area contributed by atoms with Gasteiger partial charge >= 0.3 is 11.8 Å². The van der Waals surface area contributed by atoms with Crippen molar-refractivity contribution in [1.29, 1.82) is 0 Å². The molecule has 2 fully saturated rings. The molecular formula is C25H26N6O4. The summed E-state index contributed by atoms with van der Waals surface area (Å²) in [5.74, 6) is 0.454. The molecule has 1 amide bonds. The summed E-state index contributed by atoms with van der Waals surface area (Å²) in [5.41, 5.74) is 1.86. The molecule has 5 rings (SSSR count). The zero-order valence-electron chi connectivity index (χ0n) is 19.1. The Labute approximate surface area is 202 Å². The highest BCUT2D eigenvalue weighted by Gasteiger charge is 2.54. The monoisotopic (exact) mass is 474 g/mol. The number of aromatic nitrogens is 2. The van der Waals surface area contributed by atoms with Gasteiger partial charge in [-0.25, -0.2) is 14.8 Å². The average Bonchev–Trinajstić information content (AvgIpc) is 2.80. The van der Waals surface area contributed by atoms with E-state index in [-0.39, 0.29) is 28.8 Å². The molecule has 3 aromatic rings. The van der Waals surface area contributed by atoms with E-state index in [1.165, 1.54) is 11.2 Å². The van der Waals surface area contributed by atoms with Crippen molar-refractivity contribution in [2.75, 3.05) is 23.3 Å². The molecule has 1 spiro atoms. The highest BCUT2D eigenvalue weighted by molar-refractivity contribution is 5.71. The number of nitrogens with one attached hydrogen (secondary N) is 1. The third kappa shape index (κ3) is 4.72. The number of hydrogen-bond acceptors (Lipinski definition) is 7. The van der Waals surface area contributed by atoms with Crippen LogP contribution in [0, 0.1) is 15.5 Å². The smallest absolute Gasteiger partial charge is 0.407 e. The molecule has 0 atom stereocenters. The third-order valence-electron chi connectivity index (χ3n) is 6.74. The fraction of sp³-hybridized carbons (Fsp3) is 0.320. The van der Waals surface area contributed by atoms with Gasteiger partial charge in [-0.05, 0) is 24.0 Å². The maximum atomic E-state index is 12.2. The van der Waals surface area contributed by atoms with E-state index < -0.39 is 11.0 Å². The molecule has 1 aromatic heterocycles. The number of benzene rings is 2. The molecule has 0 bridgehead atoms. The molecule has 2 aromatic carbocycles. The fourth-order valence-corrected chi connectivity index (χ4v) is 5.13. The summed E-state index contributed by atoms with van der Waals surface area (Å²) in [5, 5.41) is 24.6. The van der Waals surface area contributed by atoms with Crippen molar-refractivity contribution < 1.29 is 14.8 Å². The second-order valence-electron chi connectivity index (χ2n) is 9.37. The number of nitro groups is 1. The van der Waals surface area contributed by atoms with Crippen LogP contribution in [0.3, 0.4) is 0 Å². The molecule has 10 nitrogen and oxygen atoms in total. The van der Waals surface area contributed by atoms with Crippen molar-refractivity contribution in [3.8, 4) is 0 Å². The number of carbonyl (C=O) groups is 1. The maximum absolute atomic E-state index is 12.2. The Balaban J connectivity index is 1.39. The Morgan fingerprint density at radius 1 is 1.06 bits per heavy atom. The van der Waals surface area contributed by atoms with Gasteiger partial charge in [0, 0.05) is 37.6 Å². The third-order valence-corrected chi connectivity index (χ3v) is 6.74. The zero-order chi connectivity index (χ0) is 24.4. The zero-order valence-corrected chi connectivity index (χ0v) is 19.1. The highest BCUT2D eigenvalue weighted by atomic mass is 16.6. The lowest BCUT2D eigenvalue weighted by molar-refractivity contribution is -0.383. The van der Waals surface area contributed by atoms with Crippen LogP contribution in [0.15, 0.2) is 67.0 Å². The van der Waals surface area contributed by atoms with E-state index in [1.54, 1.807) is 0 Å². The summed E-state index contributed by atoms with van der Waals surface area (Å²) < 4.78 is 0. The predicted molar refractivity (Wildman–Crippen MR) is 130 cm³/mol. The van der Waals surface area contributed by atoms with Crippen LogP contribution in [0.1, 0.15) is 24.0 Å². The van der Waals surface area contributed by atoms with Gasteiger partial charge in [-0.1, -0.05) is 60.7 Å². The van der Waals surface area contributed by atoms with Crippen LogP contribution in [0.4, 0.5) is 22.1 Å². The van der Waals surface area contributed by atoms with Gasteiger partial charge in [0.2, 0.25) is 11.6 Å². The van der Waals surface area contributed by atoms with Gasteiger partial charge in [0.05, 0.1) is 4.92 Å². The minimum atomic E-state index is -0.903. The molecule has 2 N–H and O–H groups in total. The number of amides is 1. The van der Waals surface area contributed by atoms with Crippen molar-refractivity contribution in [2.45, 2.75) is 32.0 Å². The van der Waals surface area contributed by atoms with E-state index in [1.807, 2.05) is 65.6 Å². The minimum absolute atomic E-state index is 0.00379. The second-order valence-corrected chi connectivity index (χ2v) is 9.37. The van der Waals surface area contributed by atoms with Crippen molar-refractivity contribution in [3.63, 3.8) is 0 Å². The molecule has 1 aliphatic heterocycles. The predicted octanol–water partition coefficient (Wildman–Crippen LogP) is 4.15. The van der Waals surface area contributed by atoms with E-state index >= 15 is 0 Å². The van der Waals surface area contributed by atoms with Gasteiger partial charge in [0.25, 0.3) is 0 Å². The lowest BCUT2D eigenvalue weighted by Crippen LogP contribution is -2.65. The Morgan fingerprint density at radius 2 is 1.63 bits per heavy atom. The van der Waals surface area contributed by atoms with E-state index in [2.05, 4.69) is 15.3 Å². The summed E-state index contributed by atoms with van der Waals surface area (Å²) in [6.07, 6.45) is 1.97. The first-order valence-corrected chi connectivity index (χ1v) is 11.5. The largest absolute Gasteiger partial charge is 0.465 e. The summed E-state index contributed by atoms with van der Waals surface area (Å²) >= 11 is 0. The lowest BCUT2D eigenvalue weighted by Gasteiger charge is -2.58. The lowest BCUT2D eigenvalue weighted by atomic mass is 9.61. The minimum Gasteiger partial charge on any atom is -0.465 e. The maximum Gasteiger partial charge on any atom is 0.407 e. The molecule has 10 heteroatoms. The molecule has 35 heavy (non-hydrogen) atoms. The van der Waals surface area contributed by atoms with Gasteiger partial charge in [-0.2, -0.15) is 0 Å². The summed E-state index contributed by atoms with van der Waals surface area (Å²) in [7, 11) is 0. The van der Waals surface area contributed by atoms with Crippen LogP contribution >= 0.6 is 0 Å². The van der Waals surface area contributed by atoms with Crippen molar-refractivity contribution >= 4 is 23.4 Å². The summed E-state index contributed by atoms with van der Waals surface area (Å²) in [4.78, 5) is 34.8. The van der Waals surface area contributed by atoms with Gasteiger partial charge in [0.1, 0.15) is 6.33 Å². The first kappa shape index (κ1) is 22.6. The highest BCUT2D eigenvalue weighted by Crippen LogP contribution is 2.49. The number of nitrogens with zero attached hydrogens (tertiary/aromatic N) is 5. The molecule has 2 aliphatic rings. The Hall–Kier alpha value is -4.21. The van der Waals surface area contributed by atoms with E-state index in [0.717, 1.165) is 24.0 Å². The molecule has 2 heterocycles. The van der Waals surface area contributed by atoms with Crippen molar-refractivity contribution in [2.24, 2.45) is 5.41 Å². The second kappa shape index (κ2) is 9.21. The standard InChI is InChI=1S/C25H26N6O4/c32-24(33)30-15-25(16-30)11-20(12-25)28-22-21(31(34)35)23(27-17-26-22)29(13-18-7-3-1-4-8-18)14-19-9-5-2-6-10-19/h1-10,17,20H,11-16H2,(H,32,33)(H,26,27,28). The van der Waals surface area contributed by atoms with Crippen molar-refractivity contribution in [1.82, 2.24) is 14.9 Å². The fourth-order valence-electron chi connectivity index (χ4n) is 5.13. The molecule has 180 valence electrons. The molecule has 1 aliphatic carbocycles.